The Balaban J connectivity index is 2.03. The zero-order valence-electron chi connectivity index (χ0n) is 13.3. The average molecular weight is 329 g/mol. The molecular weight excluding hydrogens is 310 g/mol. The van der Waals surface area contributed by atoms with Crippen LogP contribution in [0.25, 0.3) is 0 Å². The SMILES string of the molecule is CSc1ccccc1C(=O)OC(C)C(=O)Nc1ccccc1C. The Labute approximate surface area is 140 Å². The van der Waals surface area contributed by atoms with Crippen LogP contribution in [0.4, 0.5) is 5.69 Å². The number of hydrogen-bond acceptors (Lipinski definition) is 4. The molecule has 0 aliphatic heterocycles. The van der Waals surface area contributed by atoms with E-state index in [1.54, 1.807) is 19.1 Å². The fraction of sp³-hybridized carbons (Fsp3) is 0.222. The first-order valence-electron chi connectivity index (χ1n) is 7.23. The van der Waals surface area contributed by atoms with Crippen LogP contribution in [0, 0.1) is 6.92 Å². The molecule has 120 valence electrons. The number of aryl methyl sites for hydroxylation is 1. The predicted octanol–water partition coefficient (Wildman–Crippen LogP) is 3.90. The monoisotopic (exact) mass is 329 g/mol. The van der Waals surface area contributed by atoms with Gasteiger partial charge in [0.2, 0.25) is 0 Å². The number of hydrogen-bond donors (Lipinski definition) is 1. The number of carbonyl (C=O) groups is 2. The minimum atomic E-state index is -0.878. The second kappa shape index (κ2) is 7.83. The topological polar surface area (TPSA) is 55.4 Å². The molecule has 23 heavy (non-hydrogen) atoms. The van der Waals surface area contributed by atoms with Crippen LogP contribution < -0.4 is 5.32 Å². The molecule has 2 aromatic carbocycles. The molecule has 5 heteroatoms. The third-order valence-corrected chi connectivity index (χ3v) is 4.18. The van der Waals surface area contributed by atoms with Crippen molar-refractivity contribution in [2.45, 2.75) is 24.8 Å². The van der Waals surface area contributed by atoms with Gasteiger partial charge in [0, 0.05) is 10.6 Å². The van der Waals surface area contributed by atoms with E-state index < -0.39 is 12.1 Å². The smallest absolute Gasteiger partial charge is 0.340 e. The molecule has 1 N–H and O–H groups in total. The first-order chi connectivity index (χ1) is 11.0. The van der Waals surface area contributed by atoms with Gasteiger partial charge in [0.15, 0.2) is 6.10 Å². The molecular formula is C18H19NO3S. The first-order valence-corrected chi connectivity index (χ1v) is 8.46. The lowest BCUT2D eigenvalue weighted by Gasteiger charge is -2.15. The van der Waals surface area contributed by atoms with Gasteiger partial charge in [-0.25, -0.2) is 4.79 Å². The lowest BCUT2D eigenvalue weighted by Crippen LogP contribution is -2.30. The van der Waals surface area contributed by atoms with Crippen LogP contribution in [0.5, 0.6) is 0 Å². The van der Waals surface area contributed by atoms with E-state index in [9.17, 15) is 9.59 Å². The number of nitrogens with one attached hydrogen (secondary N) is 1. The van der Waals surface area contributed by atoms with Gasteiger partial charge in [0.25, 0.3) is 5.91 Å². The van der Waals surface area contributed by atoms with Crippen LogP contribution in [0.3, 0.4) is 0 Å². The quantitative estimate of drug-likeness (QED) is 0.668. The van der Waals surface area contributed by atoms with Crippen LogP contribution >= 0.6 is 11.8 Å². The van der Waals surface area contributed by atoms with Gasteiger partial charge in [0.1, 0.15) is 0 Å². The molecule has 1 unspecified atom stereocenters. The molecule has 0 spiro atoms. The molecule has 0 aliphatic carbocycles. The molecule has 0 heterocycles. The Morgan fingerprint density at radius 2 is 1.74 bits per heavy atom. The second-order valence-corrected chi connectivity index (χ2v) is 5.90. The largest absolute Gasteiger partial charge is 0.449 e. The fourth-order valence-corrected chi connectivity index (χ4v) is 2.62. The summed E-state index contributed by atoms with van der Waals surface area (Å²) in [6.45, 7) is 3.47. The highest BCUT2D eigenvalue weighted by Crippen LogP contribution is 2.21. The molecule has 0 aliphatic rings. The van der Waals surface area contributed by atoms with Crippen molar-refractivity contribution < 1.29 is 14.3 Å². The highest BCUT2D eigenvalue weighted by molar-refractivity contribution is 7.98. The van der Waals surface area contributed by atoms with E-state index in [4.69, 9.17) is 4.74 Å². The first kappa shape index (κ1) is 17.1. The van der Waals surface area contributed by atoms with Crippen LogP contribution in [0.15, 0.2) is 53.4 Å². The Morgan fingerprint density at radius 1 is 1.09 bits per heavy atom. The van der Waals surface area contributed by atoms with E-state index in [0.29, 0.717) is 11.3 Å². The van der Waals surface area contributed by atoms with Gasteiger partial charge < -0.3 is 10.1 Å². The van der Waals surface area contributed by atoms with Gasteiger partial charge in [-0.3, -0.25) is 4.79 Å². The number of rotatable bonds is 5. The molecule has 4 nitrogen and oxygen atoms in total. The molecule has 0 saturated carbocycles. The lowest BCUT2D eigenvalue weighted by molar-refractivity contribution is -0.123. The van der Waals surface area contributed by atoms with Gasteiger partial charge >= 0.3 is 5.97 Å². The molecule has 2 rings (SSSR count). The van der Waals surface area contributed by atoms with Crippen molar-refractivity contribution in [3.8, 4) is 0 Å². The Bertz CT molecular complexity index is 715. The van der Waals surface area contributed by atoms with Crippen LogP contribution in [-0.2, 0) is 9.53 Å². The van der Waals surface area contributed by atoms with E-state index in [0.717, 1.165) is 10.5 Å². The third kappa shape index (κ3) is 4.36. The van der Waals surface area contributed by atoms with Crippen LogP contribution in [0.1, 0.15) is 22.8 Å². The number of esters is 1. The average Bonchev–Trinajstić information content (AvgIpc) is 2.56. The summed E-state index contributed by atoms with van der Waals surface area (Å²) in [5, 5.41) is 2.77. The number of para-hydroxylation sites is 1. The summed E-state index contributed by atoms with van der Waals surface area (Å²) in [6, 6.07) is 14.6. The highest BCUT2D eigenvalue weighted by atomic mass is 32.2. The lowest BCUT2D eigenvalue weighted by atomic mass is 10.2. The number of ether oxygens (including phenoxy) is 1. The summed E-state index contributed by atoms with van der Waals surface area (Å²) in [4.78, 5) is 25.3. The van der Waals surface area contributed by atoms with Crippen LogP contribution in [-0.4, -0.2) is 24.2 Å². The Morgan fingerprint density at radius 3 is 2.43 bits per heavy atom. The van der Waals surface area contributed by atoms with E-state index in [1.807, 2.05) is 49.6 Å². The molecule has 0 fully saturated rings. The standard InChI is InChI=1S/C18H19NO3S/c1-12-8-4-6-10-15(12)19-17(20)13(2)22-18(21)14-9-5-7-11-16(14)23-3/h4-11,13H,1-3H3,(H,19,20). The summed E-state index contributed by atoms with van der Waals surface area (Å²) in [7, 11) is 0. The highest BCUT2D eigenvalue weighted by Gasteiger charge is 2.20. The fourth-order valence-electron chi connectivity index (χ4n) is 2.04. The van der Waals surface area contributed by atoms with E-state index in [2.05, 4.69) is 5.32 Å². The van der Waals surface area contributed by atoms with Crippen molar-refractivity contribution in [1.82, 2.24) is 0 Å². The van der Waals surface area contributed by atoms with Gasteiger partial charge in [-0.1, -0.05) is 30.3 Å². The van der Waals surface area contributed by atoms with Crippen molar-refractivity contribution >= 4 is 29.3 Å². The summed E-state index contributed by atoms with van der Waals surface area (Å²) < 4.78 is 5.29. The van der Waals surface area contributed by atoms with Crippen LogP contribution in [0.2, 0.25) is 0 Å². The molecule has 0 bridgehead atoms. The maximum atomic E-state index is 12.2. The maximum Gasteiger partial charge on any atom is 0.340 e. The summed E-state index contributed by atoms with van der Waals surface area (Å²) in [5.41, 5.74) is 2.13. The zero-order chi connectivity index (χ0) is 16.8. The molecule has 1 atom stereocenters. The Hall–Kier alpha value is -2.27. The molecule has 2 aromatic rings. The van der Waals surface area contributed by atoms with Crippen molar-refractivity contribution in [3.05, 3.63) is 59.7 Å². The number of benzene rings is 2. The minimum absolute atomic E-state index is 0.353. The predicted molar refractivity (Wildman–Crippen MR) is 92.9 cm³/mol. The number of carbonyl (C=O) groups excluding carboxylic acids is 2. The number of thioether (sulfide) groups is 1. The van der Waals surface area contributed by atoms with Gasteiger partial charge in [0.05, 0.1) is 5.56 Å². The van der Waals surface area contributed by atoms with Gasteiger partial charge in [-0.05, 0) is 43.9 Å². The van der Waals surface area contributed by atoms with Crippen molar-refractivity contribution in [3.63, 3.8) is 0 Å². The number of amides is 1. The van der Waals surface area contributed by atoms with Crippen molar-refractivity contribution in [1.29, 1.82) is 0 Å². The summed E-state index contributed by atoms with van der Waals surface area (Å²) >= 11 is 1.46. The third-order valence-electron chi connectivity index (χ3n) is 3.38. The normalized spacial score (nSPS) is 11.6. The van der Waals surface area contributed by atoms with E-state index in [1.165, 1.54) is 11.8 Å². The van der Waals surface area contributed by atoms with E-state index in [-0.39, 0.29) is 5.91 Å². The number of anilines is 1. The Kier molecular flexibility index (Phi) is 5.82. The van der Waals surface area contributed by atoms with Gasteiger partial charge in [-0.2, -0.15) is 0 Å². The molecule has 0 aromatic heterocycles. The summed E-state index contributed by atoms with van der Waals surface area (Å²) in [6.07, 6.45) is 1.01. The van der Waals surface area contributed by atoms with E-state index >= 15 is 0 Å². The maximum absolute atomic E-state index is 12.2. The molecule has 0 saturated heterocycles. The summed E-state index contributed by atoms with van der Waals surface area (Å²) in [5.74, 6) is -0.850. The van der Waals surface area contributed by atoms with Crippen molar-refractivity contribution in [2.24, 2.45) is 0 Å². The minimum Gasteiger partial charge on any atom is -0.449 e. The molecule has 0 radical (unpaired) electrons. The van der Waals surface area contributed by atoms with Crippen molar-refractivity contribution in [2.75, 3.05) is 11.6 Å². The zero-order valence-corrected chi connectivity index (χ0v) is 14.1. The second-order valence-electron chi connectivity index (χ2n) is 5.05. The van der Waals surface area contributed by atoms with Gasteiger partial charge in [-0.15, -0.1) is 11.8 Å². The molecule has 1 amide bonds.